The fourth-order valence-corrected chi connectivity index (χ4v) is 5.15. The maximum atomic E-state index is 10.9. The lowest BCUT2D eigenvalue weighted by molar-refractivity contribution is -0.342. The Balaban J connectivity index is 1.58. The quantitative estimate of drug-likeness (QED) is 0.287. The van der Waals surface area contributed by atoms with Crippen molar-refractivity contribution in [2.24, 2.45) is 5.92 Å². The summed E-state index contributed by atoms with van der Waals surface area (Å²) >= 11 is 0. The Kier molecular flexibility index (Phi) is 7.99. The van der Waals surface area contributed by atoms with Crippen LogP contribution in [-0.4, -0.2) is 105 Å². The molecule has 10 atom stereocenters. The third-order valence-corrected chi connectivity index (χ3v) is 8.02. The van der Waals surface area contributed by atoms with Crippen molar-refractivity contribution in [3.05, 3.63) is 36.4 Å². The smallest absolute Gasteiger partial charge is 0.231 e. The zero-order valence-electron chi connectivity index (χ0n) is 22.1. The highest BCUT2D eigenvalue weighted by molar-refractivity contribution is 5.85. The zero-order valence-corrected chi connectivity index (χ0v) is 22.1. The molecule has 11 heteroatoms. The summed E-state index contributed by atoms with van der Waals surface area (Å²) < 4.78 is 29.1. The lowest BCUT2D eigenvalue weighted by Gasteiger charge is -2.50. The van der Waals surface area contributed by atoms with Gasteiger partial charge in [-0.2, -0.15) is 0 Å². The number of ether oxygens (including phenoxy) is 5. The van der Waals surface area contributed by atoms with Gasteiger partial charge in [-0.1, -0.05) is 19.1 Å². The molecule has 2 fully saturated rings. The molecule has 4 rings (SSSR count). The SMILES string of the molecule is COC1(C)C(Oc2ccc3ccc(OC4OC(CO)C(C)(O)C(O)C4(C)O)cc3c2)OC(CO)C(C)C1O. The lowest BCUT2D eigenvalue weighted by atomic mass is 9.79. The van der Waals surface area contributed by atoms with Crippen LogP contribution in [0.1, 0.15) is 27.7 Å². The average Bonchev–Trinajstić information content (AvgIpc) is 2.89. The summed E-state index contributed by atoms with van der Waals surface area (Å²) in [5.74, 6) is 0.327. The van der Waals surface area contributed by atoms with Gasteiger partial charge in [0.05, 0.1) is 25.4 Å². The van der Waals surface area contributed by atoms with Gasteiger partial charge in [0.1, 0.15) is 29.3 Å². The highest BCUT2D eigenvalue weighted by Gasteiger charge is 2.59. The third kappa shape index (κ3) is 4.87. The van der Waals surface area contributed by atoms with Crippen LogP contribution < -0.4 is 9.47 Å². The molecule has 0 aromatic heterocycles. The predicted octanol–water partition coefficient (Wildman–Crippen LogP) is 0.297. The van der Waals surface area contributed by atoms with E-state index in [-0.39, 0.29) is 12.5 Å². The van der Waals surface area contributed by atoms with E-state index in [0.717, 1.165) is 5.39 Å². The van der Waals surface area contributed by atoms with E-state index in [2.05, 4.69) is 0 Å². The first-order valence-corrected chi connectivity index (χ1v) is 12.5. The van der Waals surface area contributed by atoms with Crippen LogP contribution in [-0.2, 0) is 14.2 Å². The number of aliphatic hydroxyl groups is 6. The van der Waals surface area contributed by atoms with Gasteiger partial charge in [-0.05, 0) is 55.8 Å². The molecule has 2 aliphatic rings. The topological polar surface area (TPSA) is 168 Å². The first-order valence-electron chi connectivity index (χ1n) is 12.5. The molecule has 2 heterocycles. The number of hydrogen-bond acceptors (Lipinski definition) is 11. The zero-order chi connectivity index (χ0) is 28.0. The second-order valence-corrected chi connectivity index (χ2v) is 10.8. The predicted molar refractivity (Wildman–Crippen MR) is 135 cm³/mol. The molecule has 0 amide bonds. The molecule has 2 aliphatic heterocycles. The Labute approximate surface area is 221 Å². The van der Waals surface area contributed by atoms with Gasteiger partial charge in [-0.3, -0.25) is 0 Å². The second kappa shape index (κ2) is 10.5. The number of methoxy groups -OCH3 is 1. The van der Waals surface area contributed by atoms with E-state index >= 15 is 0 Å². The maximum Gasteiger partial charge on any atom is 0.231 e. The fraction of sp³-hybridized carbons (Fsp3) is 0.630. The van der Waals surface area contributed by atoms with Gasteiger partial charge in [-0.25, -0.2) is 0 Å². The van der Waals surface area contributed by atoms with Gasteiger partial charge in [0.25, 0.3) is 0 Å². The van der Waals surface area contributed by atoms with E-state index in [1.165, 1.54) is 21.0 Å². The summed E-state index contributed by atoms with van der Waals surface area (Å²) in [6, 6.07) is 10.4. The summed E-state index contributed by atoms with van der Waals surface area (Å²) in [5, 5.41) is 63.7. The van der Waals surface area contributed by atoms with E-state index in [1.807, 2.05) is 6.07 Å². The molecular weight excluding hydrogens is 500 g/mol. The maximum absolute atomic E-state index is 10.9. The van der Waals surface area contributed by atoms with E-state index in [9.17, 15) is 30.6 Å². The highest BCUT2D eigenvalue weighted by Crippen LogP contribution is 2.39. The number of benzene rings is 2. The second-order valence-electron chi connectivity index (χ2n) is 10.8. The molecule has 6 N–H and O–H groups in total. The third-order valence-electron chi connectivity index (χ3n) is 8.02. The van der Waals surface area contributed by atoms with Gasteiger partial charge in [-0.15, -0.1) is 0 Å². The summed E-state index contributed by atoms with van der Waals surface area (Å²) in [7, 11) is 1.46. The summed E-state index contributed by atoms with van der Waals surface area (Å²) in [6.07, 6.45) is -6.83. The molecule has 0 radical (unpaired) electrons. The van der Waals surface area contributed by atoms with E-state index in [0.29, 0.717) is 16.9 Å². The first kappa shape index (κ1) is 28.9. The summed E-state index contributed by atoms with van der Waals surface area (Å²) in [5.41, 5.74) is -5.08. The van der Waals surface area contributed by atoms with Crippen LogP contribution in [0.25, 0.3) is 10.8 Å². The largest absolute Gasteiger partial charge is 0.462 e. The van der Waals surface area contributed by atoms with Gasteiger partial charge in [0, 0.05) is 13.0 Å². The number of rotatable bonds is 7. The Bertz CT molecular complexity index is 1120. The van der Waals surface area contributed by atoms with E-state index < -0.39 is 60.4 Å². The minimum absolute atomic E-state index is 0.287. The normalized spacial score (nSPS) is 41.7. The van der Waals surface area contributed by atoms with Crippen molar-refractivity contribution >= 4 is 10.8 Å². The van der Waals surface area contributed by atoms with Crippen molar-refractivity contribution in [1.29, 1.82) is 0 Å². The number of aliphatic hydroxyl groups excluding tert-OH is 4. The Hall–Kier alpha value is -2.06. The Morgan fingerprint density at radius 1 is 0.816 bits per heavy atom. The molecule has 0 spiro atoms. The van der Waals surface area contributed by atoms with Gasteiger partial charge in [0.2, 0.25) is 12.6 Å². The molecule has 2 aromatic rings. The Morgan fingerprint density at radius 3 is 1.92 bits per heavy atom. The van der Waals surface area contributed by atoms with Crippen molar-refractivity contribution < 1.29 is 54.3 Å². The molecule has 0 bridgehead atoms. The molecule has 0 aliphatic carbocycles. The monoisotopic (exact) mass is 538 g/mol. The summed E-state index contributed by atoms with van der Waals surface area (Å²) in [6.45, 7) is 5.13. The molecule has 2 saturated heterocycles. The van der Waals surface area contributed by atoms with Crippen LogP contribution >= 0.6 is 0 Å². The summed E-state index contributed by atoms with van der Waals surface area (Å²) in [4.78, 5) is 0. The van der Waals surface area contributed by atoms with Crippen LogP contribution in [0.2, 0.25) is 0 Å². The molecular formula is C27H38O11. The minimum Gasteiger partial charge on any atom is -0.462 e. The van der Waals surface area contributed by atoms with Crippen molar-refractivity contribution in [2.45, 2.75) is 81.5 Å². The van der Waals surface area contributed by atoms with Gasteiger partial charge < -0.3 is 54.3 Å². The van der Waals surface area contributed by atoms with Gasteiger partial charge >= 0.3 is 0 Å². The van der Waals surface area contributed by atoms with Crippen LogP contribution in [0.15, 0.2) is 36.4 Å². The number of hydrogen-bond donors (Lipinski definition) is 6. The molecule has 38 heavy (non-hydrogen) atoms. The first-order chi connectivity index (χ1) is 17.8. The van der Waals surface area contributed by atoms with Crippen molar-refractivity contribution in [3.8, 4) is 11.5 Å². The van der Waals surface area contributed by atoms with Crippen molar-refractivity contribution in [2.75, 3.05) is 20.3 Å². The van der Waals surface area contributed by atoms with Gasteiger partial charge in [0.15, 0.2) is 11.2 Å². The highest BCUT2D eigenvalue weighted by atomic mass is 16.7. The van der Waals surface area contributed by atoms with E-state index in [1.54, 1.807) is 44.2 Å². The minimum atomic E-state index is -1.99. The molecule has 0 saturated carbocycles. The Morgan fingerprint density at radius 2 is 1.39 bits per heavy atom. The van der Waals surface area contributed by atoms with E-state index in [4.69, 9.17) is 23.7 Å². The van der Waals surface area contributed by atoms with Crippen molar-refractivity contribution in [3.63, 3.8) is 0 Å². The lowest BCUT2D eigenvalue weighted by Crippen LogP contribution is -2.71. The average molecular weight is 539 g/mol. The molecule has 10 unspecified atom stereocenters. The molecule has 11 nitrogen and oxygen atoms in total. The van der Waals surface area contributed by atoms with Crippen LogP contribution in [0.4, 0.5) is 0 Å². The number of fused-ring (bicyclic) bond motifs is 1. The molecule has 212 valence electrons. The molecule has 2 aromatic carbocycles. The standard InChI is InChI=1S/C27H38O11/c1-14-19(12-28)37-24(27(4,34-5)21(14)30)36-18-9-7-15-6-8-17(10-16(15)11-18)35-23-26(3,33)22(31)25(2,32)20(13-29)38-23/h6-11,14,19-24,28-33H,12-13H2,1-5H3. The fourth-order valence-electron chi connectivity index (χ4n) is 5.15. The van der Waals surface area contributed by atoms with Crippen LogP contribution in [0.3, 0.4) is 0 Å². The van der Waals surface area contributed by atoms with Crippen molar-refractivity contribution in [1.82, 2.24) is 0 Å². The van der Waals surface area contributed by atoms with Crippen LogP contribution in [0, 0.1) is 5.92 Å². The van der Waals surface area contributed by atoms with Crippen LogP contribution in [0.5, 0.6) is 11.5 Å².